The highest BCUT2D eigenvalue weighted by molar-refractivity contribution is 5.95. The van der Waals surface area contributed by atoms with Crippen molar-refractivity contribution < 1.29 is 9.53 Å². The van der Waals surface area contributed by atoms with E-state index >= 15 is 0 Å². The van der Waals surface area contributed by atoms with Gasteiger partial charge in [-0.1, -0.05) is 0 Å². The first-order valence-corrected chi connectivity index (χ1v) is 3.84. The van der Waals surface area contributed by atoms with Crippen molar-refractivity contribution in [2.24, 2.45) is 0 Å². The summed E-state index contributed by atoms with van der Waals surface area (Å²) in [6, 6.07) is 4.89. The molecule has 0 radical (unpaired) electrons. The van der Waals surface area contributed by atoms with Gasteiger partial charge in [-0.15, -0.1) is 0 Å². The van der Waals surface area contributed by atoms with Crippen LogP contribution in [0.25, 0.3) is 0 Å². The fourth-order valence-electron chi connectivity index (χ4n) is 1.02. The number of amides is 1. The maximum absolute atomic E-state index is 11.2. The third-order valence-electron chi connectivity index (χ3n) is 1.65. The summed E-state index contributed by atoms with van der Waals surface area (Å²) >= 11 is 0. The number of methoxy groups -OCH3 is 1. The van der Waals surface area contributed by atoms with Crippen molar-refractivity contribution in [3.63, 3.8) is 0 Å². The number of anilines is 1. The van der Waals surface area contributed by atoms with Gasteiger partial charge < -0.3 is 15.8 Å². The minimum atomic E-state index is -0.175. The summed E-state index contributed by atoms with van der Waals surface area (Å²) in [4.78, 5) is 11.2. The van der Waals surface area contributed by atoms with Gasteiger partial charge in [0.15, 0.2) is 0 Å². The van der Waals surface area contributed by atoms with E-state index in [0.29, 0.717) is 17.0 Å². The van der Waals surface area contributed by atoms with Crippen LogP contribution in [0.1, 0.15) is 10.4 Å². The SMILES string of the molecule is CNC(=O)c1cc(N)cc(OC)c1. The molecule has 0 aliphatic rings. The van der Waals surface area contributed by atoms with E-state index in [-0.39, 0.29) is 5.91 Å². The summed E-state index contributed by atoms with van der Waals surface area (Å²) in [5.41, 5.74) is 6.58. The van der Waals surface area contributed by atoms with Crippen molar-refractivity contribution in [3.8, 4) is 5.75 Å². The van der Waals surface area contributed by atoms with E-state index < -0.39 is 0 Å². The molecule has 1 aromatic carbocycles. The lowest BCUT2D eigenvalue weighted by atomic mass is 10.2. The van der Waals surface area contributed by atoms with Crippen LogP contribution >= 0.6 is 0 Å². The number of hydrogen-bond acceptors (Lipinski definition) is 3. The molecule has 1 aromatic rings. The zero-order valence-corrected chi connectivity index (χ0v) is 7.63. The Balaban J connectivity index is 3.08. The van der Waals surface area contributed by atoms with Gasteiger partial charge in [0.2, 0.25) is 0 Å². The van der Waals surface area contributed by atoms with E-state index in [9.17, 15) is 4.79 Å². The monoisotopic (exact) mass is 180 g/mol. The Kier molecular flexibility index (Phi) is 2.74. The Labute approximate surface area is 76.7 Å². The molecular formula is C9H12N2O2. The molecule has 0 aliphatic carbocycles. The largest absolute Gasteiger partial charge is 0.497 e. The normalized spacial score (nSPS) is 9.38. The number of rotatable bonds is 2. The van der Waals surface area contributed by atoms with E-state index in [1.54, 1.807) is 25.2 Å². The van der Waals surface area contributed by atoms with Crippen LogP contribution in [-0.4, -0.2) is 20.1 Å². The van der Waals surface area contributed by atoms with Crippen LogP contribution in [-0.2, 0) is 0 Å². The van der Waals surface area contributed by atoms with Crippen molar-refractivity contribution in [2.45, 2.75) is 0 Å². The minimum Gasteiger partial charge on any atom is -0.497 e. The van der Waals surface area contributed by atoms with Crippen molar-refractivity contribution >= 4 is 11.6 Å². The van der Waals surface area contributed by atoms with Crippen LogP contribution in [0.4, 0.5) is 5.69 Å². The number of carbonyl (C=O) groups excluding carboxylic acids is 1. The maximum Gasteiger partial charge on any atom is 0.251 e. The third-order valence-corrected chi connectivity index (χ3v) is 1.65. The van der Waals surface area contributed by atoms with Crippen LogP contribution in [0.5, 0.6) is 5.75 Å². The molecule has 3 N–H and O–H groups in total. The summed E-state index contributed by atoms with van der Waals surface area (Å²) in [6.07, 6.45) is 0. The average molecular weight is 180 g/mol. The van der Waals surface area contributed by atoms with E-state index in [1.165, 1.54) is 7.11 Å². The Hall–Kier alpha value is -1.71. The molecule has 0 spiro atoms. The van der Waals surface area contributed by atoms with Gasteiger partial charge in [0.05, 0.1) is 7.11 Å². The van der Waals surface area contributed by atoms with Crippen LogP contribution in [0.3, 0.4) is 0 Å². The van der Waals surface area contributed by atoms with Gasteiger partial charge in [0.1, 0.15) is 5.75 Å². The fraction of sp³-hybridized carbons (Fsp3) is 0.222. The van der Waals surface area contributed by atoms with Gasteiger partial charge in [-0.25, -0.2) is 0 Å². The molecule has 4 heteroatoms. The smallest absolute Gasteiger partial charge is 0.251 e. The van der Waals surface area contributed by atoms with Gasteiger partial charge in [-0.05, 0) is 12.1 Å². The molecule has 0 aromatic heterocycles. The first-order valence-electron chi connectivity index (χ1n) is 3.84. The van der Waals surface area contributed by atoms with Crippen LogP contribution in [0, 0.1) is 0 Å². The summed E-state index contributed by atoms with van der Waals surface area (Å²) in [7, 11) is 3.10. The van der Waals surface area contributed by atoms with Gasteiger partial charge in [-0.3, -0.25) is 4.79 Å². The number of benzene rings is 1. The zero-order chi connectivity index (χ0) is 9.84. The first kappa shape index (κ1) is 9.38. The lowest BCUT2D eigenvalue weighted by Gasteiger charge is -2.04. The molecule has 4 nitrogen and oxygen atoms in total. The van der Waals surface area contributed by atoms with Crippen molar-refractivity contribution in [2.75, 3.05) is 19.9 Å². The maximum atomic E-state index is 11.2. The number of nitrogens with one attached hydrogen (secondary N) is 1. The molecule has 0 saturated carbocycles. The molecule has 0 unspecified atom stereocenters. The van der Waals surface area contributed by atoms with E-state index in [1.807, 2.05) is 0 Å². The first-order chi connectivity index (χ1) is 6.17. The minimum absolute atomic E-state index is 0.175. The standard InChI is InChI=1S/C9H12N2O2/c1-11-9(12)6-3-7(10)5-8(4-6)13-2/h3-5H,10H2,1-2H3,(H,11,12). The molecule has 0 bridgehead atoms. The van der Waals surface area contributed by atoms with Gasteiger partial charge in [0.25, 0.3) is 5.91 Å². The van der Waals surface area contributed by atoms with Gasteiger partial charge in [0, 0.05) is 24.4 Å². The molecule has 0 heterocycles. The number of nitrogens with two attached hydrogens (primary N) is 1. The molecule has 13 heavy (non-hydrogen) atoms. The Morgan fingerprint density at radius 2 is 2.15 bits per heavy atom. The van der Waals surface area contributed by atoms with Crippen LogP contribution in [0.15, 0.2) is 18.2 Å². The van der Waals surface area contributed by atoms with E-state index in [2.05, 4.69) is 5.32 Å². The quantitative estimate of drug-likeness (QED) is 0.656. The van der Waals surface area contributed by atoms with Crippen molar-refractivity contribution in [1.29, 1.82) is 0 Å². The predicted molar refractivity (Wildman–Crippen MR) is 50.8 cm³/mol. The highest BCUT2D eigenvalue weighted by Crippen LogP contribution is 2.18. The topological polar surface area (TPSA) is 64.4 Å². The Morgan fingerprint density at radius 1 is 1.46 bits per heavy atom. The highest BCUT2D eigenvalue weighted by Gasteiger charge is 2.05. The number of ether oxygens (including phenoxy) is 1. The van der Waals surface area contributed by atoms with Gasteiger partial charge in [-0.2, -0.15) is 0 Å². The average Bonchev–Trinajstić information content (AvgIpc) is 2.15. The highest BCUT2D eigenvalue weighted by atomic mass is 16.5. The number of nitrogen functional groups attached to an aromatic ring is 1. The summed E-state index contributed by atoms with van der Waals surface area (Å²) in [5, 5.41) is 2.51. The lowest BCUT2D eigenvalue weighted by Crippen LogP contribution is -2.17. The molecular weight excluding hydrogens is 168 g/mol. The molecule has 0 saturated heterocycles. The van der Waals surface area contributed by atoms with Crippen LogP contribution < -0.4 is 15.8 Å². The number of hydrogen-bond donors (Lipinski definition) is 2. The second-order valence-electron chi connectivity index (χ2n) is 2.57. The van der Waals surface area contributed by atoms with E-state index in [4.69, 9.17) is 10.5 Å². The molecule has 1 rings (SSSR count). The lowest BCUT2D eigenvalue weighted by molar-refractivity contribution is 0.0963. The molecule has 1 amide bonds. The molecule has 0 aliphatic heterocycles. The zero-order valence-electron chi connectivity index (χ0n) is 7.63. The van der Waals surface area contributed by atoms with Crippen molar-refractivity contribution in [3.05, 3.63) is 23.8 Å². The van der Waals surface area contributed by atoms with Crippen LogP contribution in [0.2, 0.25) is 0 Å². The Bertz CT molecular complexity index is 323. The molecule has 0 fully saturated rings. The predicted octanol–water partition coefficient (Wildman–Crippen LogP) is 0.637. The van der Waals surface area contributed by atoms with Gasteiger partial charge >= 0.3 is 0 Å². The van der Waals surface area contributed by atoms with E-state index in [0.717, 1.165) is 0 Å². The molecule has 0 atom stereocenters. The second-order valence-corrected chi connectivity index (χ2v) is 2.57. The fourth-order valence-corrected chi connectivity index (χ4v) is 1.02. The summed E-state index contributed by atoms with van der Waals surface area (Å²) in [6.45, 7) is 0. The number of carbonyl (C=O) groups is 1. The Morgan fingerprint density at radius 3 is 2.69 bits per heavy atom. The third kappa shape index (κ3) is 2.11. The summed E-state index contributed by atoms with van der Waals surface area (Å²) < 4.78 is 4.97. The molecule has 70 valence electrons. The summed E-state index contributed by atoms with van der Waals surface area (Å²) in [5.74, 6) is 0.407. The second kappa shape index (κ2) is 3.80. The van der Waals surface area contributed by atoms with Crippen molar-refractivity contribution in [1.82, 2.24) is 5.32 Å².